The molecule has 0 spiro atoms. The van der Waals surface area contributed by atoms with Crippen molar-refractivity contribution in [3.05, 3.63) is 65.4 Å². The summed E-state index contributed by atoms with van der Waals surface area (Å²) in [4.78, 5) is 18.8. The zero-order chi connectivity index (χ0) is 23.6. The van der Waals surface area contributed by atoms with Crippen LogP contribution in [0.4, 0.5) is 23.2 Å². The Kier molecular flexibility index (Phi) is 6.35. The zero-order valence-corrected chi connectivity index (χ0v) is 17.8. The standard InChI is InChI=1S/C23H23F4N5O/c24-16-6-8-20-29-12-19(32(20)13-16)21(28)17-7-5-15(11-18(17)30-14-23(25,26)27)22(33)31-9-3-1-2-4-10-31/h5-8,11-13,28,30H,1-4,9-10,14H2. The lowest BCUT2D eigenvalue weighted by Crippen LogP contribution is -2.32. The Labute approximate surface area is 187 Å². The molecule has 10 heteroatoms. The van der Waals surface area contributed by atoms with E-state index in [1.54, 1.807) is 4.90 Å². The second-order valence-electron chi connectivity index (χ2n) is 8.03. The number of carbonyl (C=O) groups is 1. The van der Waals surface area contributed by atoms with Crippen LogP contribution in [-0.2, 0) is 0 Å². The van der Waals surface area contributed by atoms with Gasteiger partial charge in [0.15, 0.2) is 0 Å². The summed E-state index contributed by atoms with van der Waals surface area (Å²) in [5, 5.41) is 10.9. The largest absolute Gasteiger partial charge is 0.405 e. The number of nitrogens with one attached hydrogen (secondary N) is 2. The molecule has 0 bridgehead atoms. The molecule has 1 amide bonds. The summed E-state index contributed by atoms with van der Waals surface area (Å²) < 4.78 is 53.9. The first-order valence-electron chi connectivity index (χ1n) is 10.7. The fraction of sp³-hybridized carbons (Fsp3) is 0.348. The van der Waals surface area contributed by atoms with Crippen LogP contribution in [0.3, 0.4) is 0 Å². The molecule has 1 saturated heterocycles. The number of hydrogen-bond donors (Lipinski definition) is 2. The second-order valence-corrected chi connectivity index (χ2v) is 8.03. The number of aromatic nitrogens is 2. The number of nitrogens with zero attached hydrogens (tertiary/aromatic N) is 3. The van der Waals surface area contributed by atoms with Crippen molar-refractivity contribution >= 4 is 23.0 Å². The number of imidazole rings is 1. The van der Waals surface area contributed by atoms with Gasteiger partial charge >= 0.3 is 6.18 Å². The number of halogens is 4. The first-order valence-corrected chi connectivity index (χ1v) is 10.7. The Balaban J connectivity index is 1.70. The number of likely N-dealkylation sites (tertiary alicyclic amines) is 1. The SMILES string of the molecule is N=C(c1ccc(C(=O)N2CCCCCC2)cc1NCC(F)(F)F)c1cnc2ccc(F)cn12. The number of amides is 1. The average molecular weight is 461 g/mol. The number of anilines is 1. The lowest BCUT2D eigenvalue weighted by Gasteiger charge is -2.22. The summed E-state index contributed by atoms with van der Waals surface area (Å²) in [5.41, 5.74) is 0.871. The van der Waals surface area contributed by atoms with Gasteiger partial charge in [0.2, 0.25) is 0 Å². The third-order valence-electron chi connectivity index (χ3n) is 5.63. The number of fused-ring (bicyclic) bond motifs is 1. The molecule has 1 fully saturated rings. The normalized spacial score (nSPS) is 14.8. The van der Waals surface area contributed by atoms with Gasteiger partial charge in [-0.25, -0.2) is 9.37 Å². The highest BCUT2D eigenvalue weighted by Gasteiger charge is 2.28. The fourth-order valence-electron chi connectivity index (χ4n) is 3.97. The van der Waals surface area contributed by atoms with E-state index in [2.05, 4.69) is 10.3 Å². The van der Waals surface area contributed by atoms with Gasteiger partial charge in [-0.3, -0.25) is 14.6 Å². The minimum atomic E-state index is -4.49. The zero-order valence-electron chi connectivity index (χ0n) is 17.8. The Morgan fingerprint density at radius 1 is 1.09 bits per heavy atom. The van der Waals surface area contributed by atoms with Crippen molar-refractivity contribution in [1.29, 1.82) is 5.41 Å². The molecule has 0 unspecified atom stereocenters. The van der Waals surface area contributed by atoms with Gasteiger partial charge in [-0.2, -0.15) is 13.2 Å². The van der Waals surface area contributed by atoms with Crippen LogP contribution in [0.5, 0.6) is 0 Å². The molecule has 0 atom stereocenters. The van der Waals surface area contributed by atoms with E-state index < -0.39 is 18.5 Å². The van der Waals surface area contributed by atoms with Crippen molar-refractivity contribution in [2.45, 2.75) is 31.9 Å². The van der Waals surface area contributed by atoms with Crippen LogP contribution in [0.25, 0.3) is 5.65 Å². The molecular formula is C23H23F4N5O. The molecule has 0 radical (unpaired) electrons. The lowest BCUT2D eigenvalue weighted by molar-refractivity contribution is -0.115. The first-order chi connectivity index (χ1) is 15.7. The summed E-state index contributed by atoms with van der Waals surface area (Å²) in [6.45, 7) is -0.111. The van der Waals surface area contributed by atoms with Crippen LogP contribution in [0.1, 0.15) is 47.3 Å². The molecular weight excluding hydrogens is 438 g/mol. The van der Waals surface area contributed by atoms with E-state index in [0.717, 1.165) is 31.9 Å². The van der Waals surface area contributed by atoms with Gasteiger partial charge < -0.3 is 10.2 Å². The molecule has 33 heavy (non-hydrogen) atoms. The molecule has 6 nitrogen and oxygen atoms in total. The van der Waals surface area contributed by atoms with E-state index in [1.807, 2.05) is 0 Å². The van der Waals surface area contributed by atoms with E-state index in [-0.39, 0.29) is 34.1 Å². The molecule has 4 rings (SSSR count). The smallest absolute Gasteiger partial charge is 0.376 e. The van der Waals surface area contributed by atoms with Gasteiger partial charge in [-0.05, 0) is 43.2 Å². The number of rotatable bonds is 5. The minimum Gasteiger partial charge on any atom is -0.376 e. The molecule has 1 aromatic carbocycles. The molecule has 3 aromatic rings. The average Bonchev–Trinajstić information content (AvgIpc) is 3.00. The highest BCUT2D eigenvalue weighted by Crippen LogP contribution is 2.26. The van der Waals surface area contributed by atoms with Crippen molar-refractivity contribution in [3.8, 4) is 0 Å². The third-order valence-corrected chi connectivity index (χ3v) is 5.63. The van der Waals surface area contributed by atoms with Crippen LogP contribution < -0.4 is 5.32 Å². The van der Waals surface area contributed by atoms with Gasteiger partial charge in [0.1, 0.15) is 18.0 Å². The highest BCUT2D eigenvalue weighted by molar-refractivity contribution is 6.14. The molecule has 0 saturated carbocycles. The van der Waals surface area contributed by atoms with E-state index >= 15 is 0 Å². The topological polar surface area (TPSA) is 73.5 Å². The Morgan fingerprint density at radius 2 is 1.82 bits per heavy atom. The van der Waals surface area contributed by atoms with E-state index in [0.29, 0.717) is 18.7 Å². The summed E-state index contributed by atoms with van der Waals surface area (Å²) in [6, 6.07) is 6.99. The summed E-state index contributed by atoms with van der Waals surface area (Å²) in [6.07, 6.45) is 1.89. The number of hydrogen-bond acceptors (Lipinski definition) is 4. The van der Waals surface area contributed by atoms with Gasteiger partial charge in [-0.15, -0.1) is 0 Å². The maximum atomic E-state index is 13.7. The highest BCUT2D eigenvalue weighted by atomic mass is 19.4. The quantitative estimate of drug-likeness (QED) is 0.420. The predicted octanol–water partition coefficient (Wildman–Crippen LogP) is 4.88. The number of carbonyl (C=O) groups excluding carboxylic acids is 1. The predicted molar refractivity (Wildman–Crippen MR) is 116 cm³/mol. The van der Waals surface area contributed by atoms with Crippen molar-refractivity contribution in [1.82, 2.24) is 14.3 Å². The minimum absolute atomic E-state index is 0.00403. The molecule has 0 aliphatic carbocycles. The van der Waals surface area contributed by atoms with Crippen LogP contribution in [0.2, 0.25) is 0 Å². The summed E-state index contributed by atoms with van der Waals surface area (Å²) >= 11 is 0. The summed E-state index contributed by atoms with van der Waals surface area (Å²) in [7, 11) is 0. The van der Waals surface area contributed by atoms with Crippen LogP contribution in [-0.4, -0.2) is 51.7 Å². The van der Waals surface area contributed by atoms with E-state index in [9.17, 15) is 22.4 Å². The van der Waals surface area contributed by atoms with Crippen LogP contribution in [0.15, 0.2) is 42.7 Å². The maximum absolute atomic E-state index is 13.7. The van der Waals surface area contributed by atoms with Gasteiger partial charge in [0, 0.05) is 36.1 Å². The fourth-order valence-corrected chi connectivity index (χ4v) is 3.97. The molecule has 3 heterocycles. The molecule has 2 N–H and O–H groups in total. The van der Waals surface area contributed by atoms with Crippen molar-refractivity contribution in [2.75, 3.05) is 25.0 Å². The number of benzene rings is 1. The van der Waals surface area contributed by atoms with E-state index in [1.165, 1.54) is 40.9 Å². The Bertz CT molecular complexity index is 1180. The van der Waals surface area contributed by atoms with E-state index in [4.69, 9.17) is 5.41 Å². The number of pyridine rings is 1. The molecule has 174 valence electrons. The second kappa shape index (κ2) is 9.21. The molecule has 2 aromatic heterocycles. The third kappa shape index (κ3) is 5.15. The van der Waals surface area contributed by atoms with Gasteiger partial charge in [0.05, 0.1) is 17.6 Å². The Hall–Kier alpha value is -3.43. The van der Waals surface area contributed by atoms with Crippen molar-refractivity contribution in [2.24, 2.45) is 0 Å². The summed E-state index contributed by atoms with van der Waals surface area (Å²) in [5.74, 6) is -0.787. The Morgan fingerprint density at radius 3 is 2.52 bits per heavy atom. The van der Waals surface area contributed by atoms with Crippen LogP contribution >= 0.6 is 0 Å². The van der Waals surface area contributed by atoms with Crippen LogP contribution in [0, 0.1) is 11.2 Å². The van der Waals surface area contributed by atoms with Crippen molar-refractivity contribution < 1.29 is 22.4 Å². The van der Waals surface area contributed by atoms with Gasteiger partial charge in [-0.1, -0.05) is 12.8 Å². The molecule has 1 aliphatic rings. The monoisotopic (exact) mass is 461 g/mol. The number of alkyl halides is 3. The maximum Gasteiger partial charge on any atom is 0.405 e. The first kappa shape index (κ1) is 22.8. The van der Waals surface area contributed by atoms with Crippen molar-refractivity contribution in [3.63, 3.8) is 0 Å². The van der Waals surface area contributed by atoms with Gasteiger partial charge in [0.25, 0.3) is 5.91 Å². The lowest BCUT2D eigenvalue weighted by atomic mass is 10.0. The molecule has 1 aliphatic heterocycles.